The minimum absolute atomic E-state index is 0.0905. The molecule has 20 heavy (non-hydrogen) atoms. The zero-order valence-corrected chi connectivity index (χ0v) is 13.4. The van der Waals surface area contributed by atoms with Gasteiger partial charge < -0.3 is 5.32 Å². The van der Waals surface area contributed by atoms with Crippen LogP contribution in [-0.2, 0) is 10.0 Å². The molecule has 0 atom stereocenters. The van der Waals surface area contributed by atoms with Gasteiger partial charge in [-0.3, -0.25) is 0 Å². The Morgan fingerprint density at radius 3 is 2.05 bits per heavy atom. The lowest BCUT2D eigenvalue weighted by Gasteiger charge is -2.07. The molecule has 0 bridgehead atoms. The van der Waals surface area contributed by atoms with E-state index < -0.39 is 10.0 Å². The molecule has 1 saturated carbocycles. The van der Waals surface area contributed by atoms with E-state index in [1.807, 2.05) is 0 Å². The summed E-state index contributed by atoms with van der Waals surface area (Å²) in [4.78, 5) is 7.93. The van der Waals surface area contributed by atoms with Crippen LogP contribution >= 0.6 is 0 Å². The van der Waals surface area contributed by atoms with E-state index >= 15 is 0 Å². The van der Waals surface area contributed by atoms with E-state index in [1.54, 1.807) is 7.05 Å². The molecule has 1 aliphatic carbocycles. The van der Waals surface area contributed by atoms with Crippen LogP contribution in [0.5, 0.6) is 0 Å². The Morgan fingerprint density at radius 2 is 1.65 bits per heavy atom. The van der Waals surface area contributed by atoms with Crippen LogP contribution in [0.3, 0.4) is 0 Å². The van der Waals surface area contributed by atoms with Gasteiger partial charge in [0.25, 0.3) is 0 Å². The molecule has 0 saturated heterocycles. The van der Waals surface area contributed by atoms with Crippen LogP contribution in [0.1, 0.15) is 27.7 Å². The first-order valence-corrected chi connectivity index (χ1v) is 8.10. The van der Waals surface area contributed by atoms with Crippen LogP contribution in [0.15, 0.2) is 17.3 Å². The van der Waals surface area contributed by atoms with E-state index in [0.29, 0.717) is 18.4 Å². The van der Waals surface area contributed by atoms with Crippen molar-refractivity contribution in [3.63, 3.8) is 0 Å². The van der Waals surface area contributed by atoms with E-state index in [2.05, 4.69) is 47.7 Å². The Hall–Kier alpha value is -1.21. The van der Waals surface area contributed by atoms with Gasteiger partial charge in [0.1, 0.15) is 4.90 Å². The highest BCUT2D eigenvalue weighted by Gasteiger charge is 2.64. The molecule has 0 aromatic carbocycles. The lowest BCUT2D eigenvalue weighted by molar-refractivity contribution is 0.457. The average molecular weight is 298 g/mol. The van der Waals surface area contributed by atoms with Crippen molar-refractivity contribution >= 4 is 16.0 Å². The van der Waals surface area contributed by atoms with Gasteiger partial charge >= 0.3 is 0 Å². The van der Waals surface area contributed by atoms with Crippen molar-refractivity contribution in [2.75, 3.05) is 18.9 Å². The van der Waals surface area contributed by atoms with Crippen molar-refractivity contribution in [2.45, 2.75) is 32.6 Å². The Balaban J connectivity index is 2.05. The van der Waals surface area contributed by atoms with Crippen molar-refractivity contribution in [2.24, 2.45) is 16.7 Å². The third kappa shape index (κ3) is 2.40. The van der Waals surface area contributed by atoms with Crippen LogP contribution in [0.2, 0.25) is 0 Å². The second kappa shape index (κ2) is 4.66. The topological polar surface area (TPSA) is 84.0 Å². The highest BCUT2D eigenvalue weighted by Crippen LogP contribution is 2.67. The summed E-state index contributed by atoms with van der Waals surface area (Å²) >= 11 is 0. The van der Waals surface area contributed by atoms with E-state index in [0.717, 1.165) is 0 Å². The molecule has 1 fully saturated rings. The summed E-state index contributed by atoms with van der Waals surface area (Å²) in [6, 6.07) is 0. The quantitative estimate of drug-likeness (QED) is 0.860. The van der Waals surface area contributed by atoms with Gasteiger partial charge in [-0.25, -0.2) is 23.1 Å². The third-order valence-corrected chi connectivity index (χ3v) is 6.34. The van der Waals surface area contributed by atoms with Crippen molar-refractivity contribution in [1.82, 2.24) is 14.7 Å². The Morgan fingerprint density at radius 1 is 1.15 bits per heavy atom. The number of nitrogens with zero attached hydrogens (tertiary/aromatic N) is 2. The van der Waals surface area contributed by atoms with Gasteiger partial charge in [-0.05, 0) is 16.7 Å². The summed E-state index contributed by atoms with van der Waals surface area (Å²) in [5, 5.41) is 2.75. The normalized spacial score (nSPS) is 20.6. The van der Waals surface area contributed by atoms with Gasteiger partial charge in [-0.2, -0.15) is 0 Å². The summed E-state index contributed by atoms with van der Waals surface area (Å²) in [6.45, 7) is 9.09. The molecule has 1 aromatic heterocycles. The van der Waals surface area contributed by atoms with E-state index in [-0.39, 0.29) is 15.7 Å². The molecule has 1 aliphatic rings. The van der Waals surface area contributed by atoms with E-state index in [4.69, 9.17) is 0 Å². The van der Waals surface area contributed by atoms with Gasteiger partial charge in [0.2, 0.25) is 16.0 Å². The van der Waals surface area contributed by atoms with Crippen LogP contribution < -0.4 is 10.0 Å². The van der Waals surface area contributed by atoms with E-state index in [9.17, 15) is 8.42 Å². The van der Waals surface area contributed by atoms with Crippen molar-refractivity contribution in [3.05, 3.63) is 12.4 Å². The predicted molar refractivity (Wildman–Crippen MR) is 77.8 cm³/mol. The molecule has 0 unspecified atom stereocenters. The molecule has 2 N–H and O–H groups in total. The zero-order chi connectivity index (χ0) is 15.2. The fraction of sp³-hybridized carbons (Fsp3) is 0.692. The number of sulfonamides is 1. The second-order valence-corrected chi connectivity index (χ2v) is 8.11. The Labute approximate surface area is 120 Å². The fourth-order valence-corrected chi connectivity index (χ4v) is 3.64. The highest BCUT2D eigenvalue weighted by atomic mass is 32.2. The van der Waals surface area contributed by atoms with Crippen LogP contribution in [-0.4, -0.2) is 32.0 Å². The van der Waals surface area contributed by atoms with Crippen LogP contribution in [0.4, 0.5) is 5.95 Å². The third-order valence-electron chi connectivity index (χ3n) is 4.96. The van der Waals surface area contributed by atoms with Gasteiger partial charge in [-0.1, -0.05) is 27.7 Å². The summed E-state index contributed by atoms with van der Waals surface area (Å²) in [6.07, 6.45) is 2.62. The number of rotatable bonds is 5. The molecular formula is C13H22N4O2S. The summed E-state index contributed by atoms with van der Waals surface area (Å²) in [5.41, 5.74) is 0.310. The summed E-state index contributed by atoms with van der Waals surface area (Å²) in [5.74, 6) is 0.732. The first kappa shape index (κ1) is 15.2. The fourth-order valence-electron chi connectivity index (χ4n) is 2.70. The van der Waals surface area contributed by atoms with Crippen LogP contribution in [0, 0.1) is 16.7 Å². The number of anilines is 1. The Kier molecular flexibility index (Phi) is 3.54. The molecule has 0 amide bonds. The van der Waals surface area contributed by atoms with Crippen LogP contribution in [0.25, 0.3) is 0 Å². The lowest BCUT2D eigenvalue weighted by atomic mass is 10.0. The zero-order valence-electron chi connectivity index (χ0n) is 12.6. The number of nitrogens with one attached hydrogen (secondary N) is 2. The van der Waals surface area contributed by atoms with Gasteiger partial charge in [0.15, 0.2) is 0 Å². The first-order valence-electron chi connectivity index (χ1n) is 6.62. The molecule has 0 spiro atoms. The van der Waals surface area contributed by atoms with Gasteiger partial charge in [0.05, 0.1) is 12.4 Å². The van der Waals surface area contributed by atoms with Gasteiger partial charge in [-0.15, -0.1) is 0 Å². The Bertz CT molecular complexity index is 579. The molecule has 0 radical (unpaired) electrons. The lowest BCUT2D eigenvalue weighted by Crippen LogP contribution is -2.27. The molecule has 7 heteroatoms. The number of aromatic nitrogens is 2. The maximum atomic E-state index is 12.2. The standard InChI is InChI=1S/C13H22N4O2S/c1-12(2)10(13(12,3)4)8-17-20(18,19)9-6-15-11(14-5)16-7-9/h6-7,10,17H,8H2,1-5H3,(H,14,15,16). The predicted octanol–water partition coefficient (Wildman–Crippen LogP) is 1.48. The van der Waals surface area contributed by atoms with Gasteiger partial charge in [0, 0.05) is 13.6 Å². The molecule has 1 aromatic rings. The molecule has 112 valence electrons. The average Bonchev–Trinajstić information content (AvgIpc) is 2.77. The molecule has 0 aliphatic heterocycles. The first-order chi connectivity index (χ1) is 9.13. The number of hydrogen-bond donors (Lipinski definition) is 2. The van der Waals surface area contributed by atoms with Crippen molar-refractivity contribution < 1.29 is 8.42 Å². The number of hydrogen-bond acceptors (Lipinski definition) is 5. The minimum Gasteiger partial charge on any atom is -0.357 e. The maximum absolute atomic E-state index is 12.2. The SMILES string of the molecule is CNc1ncc(S(=O)(=O)NCC2C(C)(C)C2(C)C)cn1. The molecule has 2 rings (SSSR count). The highest BCUT2D eigenvalue weighted by molar-refractivity contribution is 7.89. The smallest absolute Gasteiger partial charge is 0.243 e. The largest absolute Gasteiger partial charge is 0.357 e. The van der Waals surface area contributed by atoms with Crippen molar-refractivity contribution in [1.29, 1.82) is 0 Å². The van der Waals surface area contributed by atoms with E-state index in [1.165, 1.54) is 12.4 Å². The molecular weight excluding hydrogens is 276 g/mol. The molecule has 1 heterocycles. The minimum atomic E-state index is -3.54. The molecule has 6 nitrogen and oxygen atoms in total. The summed E-state index contributed by atoms with van der Waals surface area (Å²) in [7, 11) is -1.86. The second-order valence-electron chi connectivity index (χ2n) is 6.34. The monoisotopic (exact) mass is 298 g/mol. The van der Waals surface area contributed by atoms with Crippen molar-refractivity contribution in [3.8, 4) is 0 Å². The summed E-state index contributed by atoms with van der Waals surface area (Å²) < 4.78 is 27.0. The maximum Gasteiger partial charge on any atom is 0.243 e.